The predicted octanol–water partition coefficient (Wildman–Crippen LogP) is 2.21. The Labute approximate surface area is 134 Å². The third-order valence-electron chi connectivity index (χ3n) is 3.99. The molecule has 3 rings (SSSR count). The minimum atomic E-state index is -0.805. The van der Waals surface area contributed by atoms with Gasteiger partial charge in [0.25, 0.3) is 5.91 Å². The molecule has 5 heteroatoms. The molecule has 0 saturated heterocycles. The van der Waals surface area contributed by atoms with E-state index in [2.05, 4.69) is 11.1 Å². The molecule has 1 aromatic carbocycles. The lowest BCUT2D eigenvalue weighted by atomic mass is 9.99. The van der Waals surface area contributed by atoms with Crippen molar-refractivity contribution in [3.05, 3.63) is 65.5 Å². The number of carbonyl (C=O) groups is 2. The Morgan fingerprint density at radius 1 is 1.13 bits per heavy atom. The topological polar surface area (TPSA) is 59.5 Å². The fourth-order valence-corrected chi connectivity index (χ4v) is 2.71. The number of ether oxygens (including phenoxy) is 1. The molecule has 0 saturated carbocycles. The van der Waals surface area contributed by atoms with Crippen LogP contribution >= 0.6 is 0 Å². The molecule has 0 radical (unpaired) electrons. The molecule has 2 heterocycles. The van der Waals surface area contributed by atoms with Crippen molar-refractivity contribution in [1.29, 1.82) is 0 Å². The number of carbonyl (C=O) groups excluding carboxylic acids is 2. The van der Waals surface area contributed by atoms with E-state index in [0.717, 1.165) is 12.0 Å². The summed E-state index contributed by atoms with van der Waals surface area (Å²) in [5.74, 6) is -0.674. The molecule has 0 spiro atoms. The van der Waals surface area contributed by atoms with Crippen LogP contribution in [0.15, 0.2) is 48.8 Å². The summed E-state index contributed by atoms with van der Waals surface area (Å²) in [4.78, 5) is 30.1. The van der Waals surface area contributed by atoms with Crippen molar-refractivity contribution in [3.8, 4) is 0 Å². The van der Waals surface area contributed by atoms with Crippen molar-refractivity contribution in [1.82, 2.24) is 9.88 Å². The zero-order valence-corrected chi connectivity index (χ0v) is 12.9. The Balaban J connectivity index is 1.63. The first-order valence-electron chi connectivity index (χ1n) is 7.62. The molecule has 5 nitrogen and oxygen atoms in total. The second kappa shape index (κ2) is 6.60. The largest absolute Gasteiger partial charge is 0.449 e. The molecule has 23 heavy (non-hydrogen) atoms. The maximum atomic E-state index is 12.5. The van der Waals surface area contributed by atoms with Crippen molar-refractivity contribution in [2.24, 2.45) is 0 Å². The minimum Gasteiger partial charge on any atom is -0.449 e. The predicted molar refractivity (Wildman–Crippen MR) is 84.7 cm³/mol. The van der Waals surface area contributed by atoms with Gasteiger partial charge in [0.1, 0.15) is 0 Å². The lowest BCUT2D eigenvalue weighted by molar-refractivity contribution is -0.140. The normalized spacial score (nSPS) is 14.7. The monoisotopic (exact) mass is 310 g/mol. The van der Waals surface area contributed by atoms with E-state index in [1.165, 1.54) is 18.0 Å². The van der Waals surface area contributed by atoms with E-state index in [4.69, 9.17) is 4.74 Å². The highest BCUT2D eigenvalue weighted by molar-refractivity contribution is 5.92. The second-order valence-electron chi connectivity index (χ2n) is 5.56. The average Bonchev–Trinajstić information content (AvgIpc) is 2.61. The summed E-state index contributed by atoms with van der Waals surface area (Å²) in [7, 11) is 0. The molecule has 1 aromatic heterocycles. The first kappa shape index (κ1) is 15.2. The minimum absolute atomic E-state index is 0.165. The zero-order chi connectivity index (χ0) is 16.2. The van der Waals surface area contributed by atoms with Crippen molar-refractivity contribution >= 4 is 11.9 Å². The molecule has 118 valence electrons. The van der Waals surface area contributed by atoms with Crippen LogP contribution in [-0.2, 0) is 22.5 Å². The van der Waals surface area contributed by atoms with Gasteiger partial charge in [0.15, 0.2) is 6.10 Å². The number of nitrogens with zero attached hydrogens (tertiary/aromatic N) is 2. The summed E-state index contributed by atoms with van der Waals surface area (Å²) in [5.41, 5.74) is 2.82. The van der Waals surface area contributed by atoms with Gasteiger partial charge in [-0.05, 0) is 36.6 Å². The van der Waals surface area contributed by atoms with Gasteiger partial charge in [0.05, 0.1) is 5.56 Å². The van der Waals surface area contributed by atoms with Gasteiger partial charge in [0.2, 0.25) is 0 Å². The molecule has 1 amide bonds. The van der Waals surface area contributed by atoms with E-state index < -0.39 is 12.1 Å². The number of hydrogen-bond donors (Lipinski definition) is 0. The first-order valence-corrected chi connectivity index (χ1v) is 7.62. The number of amides is 1. The summed E-state index contributed by atoms with van der Waals surface area (Å²) in [6.07, 6.45) is 3.06. The Hall–Kier alpha value is -2.69. The molecule has 1 aliphatic rings. The van der Waals surface area contributed by atoms with Gasteiger partial charge in [-0.15, -0.1) is 0 Å². The van der Waals surface area contributed by atoms with E-state index in [9.17, 15) is 9.59 Å². The van der Waals surface area contributed by atoms with Crippen LogP contribution in [0.25, 0.3) is 0 Å². The highest BCUT2D eigenvalue weighted by atomic mass is 16.5. The number of fused-ring (bicyclic) bond motifs is 1. The van der Waals surface area contributed by atoms with Gasteiger partial charge in [-0.1, -0.05) is 24.3 Å². The van der Waals surface area contributed by atoms with Crippen LogP contribution in [0.2, 0.25) is 0 Å². The Bertz CT molecular complexity index is 715. The van der Waals surface area contributed by atoms with E-state index in [1.807, 2.05) is 18.2 Å². The lowest BCUT2D eigenvalue weighted by Crippen LogP contribution is -2.42. The summed E-state index contributed by atoms with van der Waals surface area (Å²) in [6.45, 7) is 2.82. The maximum absolute atomic E-state index is 12.5. The molecule has 0 aliphatic carbocycles. The number of esters is 1. The van der Waals surface area contributed by atoms with Gasteiger partial charge >= 0.3 is 5.97 Å². The molecule has 0 unspecified atom stereocenters. The summed E-state index contributed by atoms with van der Waals surface area (Å²) < 4.78 is 5.28. The Morgan fingerprint density at radius 3 is 2.57 bits per heavy atom. The van der Waals surface area contributed by atoms with Crippen LogP contribution < -0.4 is 0 Å². The smallest absolute Gasteiger partial charge is 0.339 e. The van der Waals surface area contributed by atoms with Crippen molar-refractivity contribution in [2.75, 3.05) is 6.54 Å². The maximum Gasteiger partial charge on any atom is 0.339 e. The van der Waals surface area contributed by atoms with E-state index in [0.29, 0.717) is 18.7 Å². The highest BCUT2D eigenvalue weighted by Gasteiger charge is 2.27. The van der Waals surface area contributed by atoms with Crippen LogP contribution in [0.5, 0.6) is 0 Å². The zero-order valence-electron chi connectivity index (χ0n) is 12.9. The van der Waals surface area contributed by atoms with Gasteiger partial charge in [-0.25, -0.2) is 4.79 Å². The number of rotatable bonds is 3. The van der Waals surface area contributed by atoms with Crippen LogP contribution in [0.1, 0.15) is 28.4 Å². The molecule has 2 aromatic rings. The molecule has 1 atom stereocenters. The fraction of sp³-hybridized carbons (Fsp3) is 0.278. The van der Waals surface area contributed by atoms with E-state index in [1.54, 1.807) is 24.0 Å². The Kier molecular flexibility index (Phi) is 4.37. The van der Waals surface area contributed by atoms with Crippen LogP contribution in [0, 0.1) is 0 Å². The van der Waals surface area contributed by atoms with Gasteiger partial charge < -0.3 is 9.64 Å². The fourth-order valence-electron chi connectivity index (χ4n) is 2.71. The first-order chi connectivity index (χ1) is 11.1. The van der Waals surface area contributed by atoms with Crippen LogP contribution in [-0.4, -0.2) is 34.4 Å². The van der Waals surface area contributed by atoms with Crippen LogP contribution in [0.4, 0.5) is 0 Å². The van der Waals surface area contributed by atoms with Gasteiger partial charge in [-0.3, -0.25) is 9.78 Å². The van der Waals surface area contributed by atoms with E-state index in [-0.39, 0.29) is 5.91 Å². The molecule has 0 N–H and O–H groups in total. The molecular weight excluding hydrogens is 292 g/mol. The molecular formula is C18H18N2O3. The molecule has 0 fully saturated rings. The van der Waals surface area contributed by atoms with Crippen molar-refractivity contribution in [2.45, 2.75) is 26.0 Å². The SMILES string of the molecule is C[C@H](OC(=O)c1ccncc1)C(=O)N1CCc2ccccc2C1. The summed E-state index contributed by atoms with van der Waals surface area (Å²) in [5, 5.41) is 0. The van der Waals surface area contributed by atoms with Gasteiger partial charge in [-0.2, -0.15) is 0 Å². The summed E-state index contributed by atoms with van der Waals surface area (Å²) >= 11 is 0. The average molecular weight is 310 g/mol. The third-order valence-corrected chi connectivity index (χ3v) is 3.99. The molecule has 1 aliphatic heterocycles. The lowest BCUT2D eigenvalue weighted by Gasteiger charge is -2.30. The molecule has 0 bridgehead atoms. The quantitative estimate of drug-likeness (QED) is 0.816. The number of benzene rings is 1. The highest BCUT2D eigenvalue weighted by Crippen LogP contribution is 2.19. The summed E-state index contributed by atoms with van der Waals surface area (Å²) in [6, 6.07) is 11.2. The second-order valence-corrected chi connectivity index (χ2v) is 5.56. The van der Waals surface area contributed by atoms with E-state index >= 15 is 0 Å². The van der Waals surface area contributed by atoms with Crippen LogP contribution in [0.3, 0.4) is 0 Å². The number of pyridine rings is 1. The number of aromatic nitrogens is 1. The van der Waals surface area contributed by atoms with Crippen molar-refractivity contribution < 1.29 is 14.3 Å². The van der Waals surface area contributed by atoms with Gasteiger partial charge in [0, 0.05) is 25.5 Å². The number of hydrogen-bond acceptors (Lipinski definition) is 4. The standard InChI is InChI=1S/C18H18N2O3/c1-13(23-18(22)15-6-9-19-10-7-15)17(21)20-11-8-14-4-2-3-5-16(14)12-20/h2-7,9-10,13H,8,11-12H2,1H3/t13-/m0/s1. The van der Waals surface area contributed by atoms with Crippen molar-refractivity contribution in [3.63, 3.8) is 0 Å². The Morgan fingerprint density at radius 2 is 1.83 bits per heavy atom. The third kappa shape index (κ3) is 3.39.